The van der Waals surface area contributed by atoms with Gasteiger partial charge in [0.15, 0.2) is 0 Å². The van der Waals surface area contributed by atoms with Crippen molar-refractivity contribution in [1.29, 1.82) is 0 Å². The number of sulfonamides is 1. The van der Waals surface area contributed by atoms with Crippen LogP contribution in [0.4, 0.5) is 10.1 Å². The van der Waals surface area contributed by atoms with Gasteiger partial charge in [0, 0.05) is 0 Å². The number of anilines is 1. The molecule has 110 valence electrons. The average Bonchev–Trinajstić information content (AvgIpc) is 2.43. The molecule has 0 saturated heterocycles. The van der Waals surface area contributed by atoms with E-state index >= 15 is 0 Å². The van der Waals surface area contributed by atoms with E-state index < -0.39 is 21.8 Å². The molecule has 21 heavy (non-hydrogen) atoms. The fraction of sp³-hybridized carbons (Fsp3) is 0.0714. The van der Waals surface area contributed by atoms with E-state index in [2.05, 4.69) is 4.72 Å². The van der Waals surface area contributed by atoms with Gasteiger partial charge in [0.2, 0.25) is 0 Å². The third-order valence-electron chi connectivity index (χ3n) is 2.80. The van der Waals surface area contributed by atoms with Crippen LogP contribution in [0.15, 0.2) is 47.4 Å². The van der Waals surface area contributed by atoms with E-state index in [9.17, 15) is 22.7 Å². The number of carbonyl (C=O) groups excluding carboxylic acids is 1. The summed E-state index contributed by atoms with van der Waals surface area (Å²) in [7, 11) is -4.01. The van der Waals surface area contributed by atoms with Gasteiger partial charge in [-0.1, -0.05) is 18.2 Å². The number of aryl methyl sites for hydroxylation is 1. The molecule has 0 aliphatic heterocycles. The Labute approximate surface area is 121 Å². The van der Waals surface area contributed by atoms with Gasteiger partial charge < -0.3 is 9.90 Å². The number of carbonyl (C=O) groups is 1. The summed E-state index contributed by atoms with van der Waals surface area (Å²) in [5.74, 6) is -2.02. The fourth-order valence-corrected chi connectivity index (χ4v) is 2.76. The van der Waals surface area contributed by atoms with Crippen LogP contribution in [0.1, 0.15) is 15.9 Å². The van der Waals surface area contributed by atoms with Gasteiger partial charge in [0.25, 0.3) is 10.0 Å². The minimum absolute atomic E-state index is 0.0527. The van der Waals surface area contributed by atoms with E-state index in [1.54, 1.807) is 6.92 Å². The number of hydrogen-bond acceptors (Lipinski definition) is 4. The van der Waals surface area contributed by atoms with Crippen LogP contribution in [0.3, 0.4) is 0 Å². The number of benzene rings is 2. The molecule has 0 aromatic heterocycles. The summed E-state index contributed by atoms with van der Waals surface area (Å²) >= 11 is 0. The molecule has 0 radical (unpaired) electrons. The van der Waals surface area contributed by atoms with E-state index in [0.29, 0.717) is 5.56 Å². The summed E-state index contributed by atoms with van der Waals surface area (Å²) in [4.78, 5) is 10.5. The van der Waals surface area contributed by atoms with Gasteiger partial charge in [-0.3, -0.25) is 4.72 Å². The lowest BCUT2D eigenvalue weighted by Gasteiger charge is -2.10. The molecule has 0 saturated carbocycles. The molecule has 7 heteroatoms. The third-order valence-corrected chi connectivity index (χ3v) is 4.18. The van der Waals surface area contributed by atoms with Crippen molar-refractivity contribution in [2.75, 3.05) is 4.72 Å². The van der Waals surface area contributed by atoms with Gasteiger partial charge in [0.1, 0.15) is 5.82 Å². The van der Waals surface area contributed by atoms with Crippen LogP contribution < -0.4 is 9.83 Å². The highest BCUT2D eigenvalue weighted by Gasteiger charge is 2.15. The molecule has 0 amide bonds. The average molecular weight is 308 g/mol. The lowest BCUT2D eigenvalue weighted by Crippen LogP contribution is -2.23. The van der Waals surface area contributed by atoms with Gasteiger partial charge in [-0.2, -0.15) is 0 Å². The molecule has 0 bridgehead atoms. The van der Waals surface area contributed by atoms with Crippen LogP contribution in [0.5, 0.6) is 0 Å². The number of rotatable bonds is 4. The number of carboxylic acid groups (broad SMARTS) is 1. The SMILES string of the molecule is Cc1ccc(NS(=O)(=O)c2cccc(C(=O)[O-])c2)cc1F. The van der Waals surface area contributed by atoms with Crippen LogP contribution in [-0.4, -0.2) is 14.4 Å². The summed E-state index contributed by atoms with van der Waals surface area (Å²) in [6.45, 7) is 1.55. The van der Waals surface area contributed by atoms with Gasteiger partial charge >= 0.3 is 0 Å². The summed E-state index contributed by atoms with van der Waals surface area (Å²) in [6, 6.07) is 8.62. The Kier molecular flexibility index (Phi) is 3.95. The van der Waals surface area contributed by atoms with E-state index in [4.69, 9.17) is 0 Å². The Morgan fingerprint density at radius 3 is 2.52 bits per heavy atom. The van der Waals surface area contributed by atoms with Crippen molar-refractivity contribution < 1.29 is 22.7 Å². The zero-order chi connectivity index (χ0) is 15.6. The monoisotopic (exact) mass is 308 g/mol. The quantitative estimate of drug-likeness (QED) is 0.922. The summed E-state index contributed by atoms with van der Waals surface area (Å²) in [5, 5.41) is 10.7. The second kappa shape index (κ2) is 5.53. The zero-order valence-corrected chi connectivity index (χ0v) is 11.8. The molecular formula is C14H11FNO4S-. The standard InChI is InChI=1S/C14H12FNO4S/c1-9-5-6-11(8-13(9)15)16-21(19,20)12-4-2-3-10(7-12)14(17)18/h2-8,16H,1H3,(H,17,18)/p-1. The molecular weight excluding hydrogens is 297 g/mol. The van der Waals surface area contributed by atoms with Crippen LogP contribution in [0.25, 0.3) is 0 Å². The first-order valence-corrected chi connectivity index (χ1v) is 7.38. The van der Waals surface area contributed by atoms with E-state index in [1.165, 1.54) is 30.3 Å². The predicted octanol–water partition coefficient (Wildman–Crippen LogP) is 1.30. The van der Waals surface area contributed by atoms with E-state index in [1.807, 2.05) is 0 Å². The Morgan fingerprint density at radius 1 is 1.19 bits per heavy atom. The smallest absolute Gasteiger partial charge is 0.261 e. The van der Waals surface area contributed by atoms with E-state index in [0.717, 1.165) is 12.1 Å². The minimum Gasteiger partial charge on any atom is -0.545 e. The largest absolute Gasteiger partial charge is 0.545 e. The molecule has 0 aliphatic rings. The maximum atomic E-state index is 13.4. The maximum Gasteiger partial charge on any atom is 0.261 e. The molecule has 0 spiro atoms. The van der Waals surface area contributed by atoms with Gasteiger partial charge in [-0.05, 0) is 42.3 Å². The lowest BCUT2D eigenvalue weighted by atomic mass is 10.2. The Bertz CT molecular complexity index is 802. The number of halogens is 1. The van der Waals surface area contributed by atoms with Crippen LogP contribution in [0, 0.1) is 12.7 Å². The van der Waals surface area contributed by atoms with Crippen LogP contribution >= 0.6 is 0 Å². The Hall–Kier alpha value is -2.41. The summed E-state index contributed by atoms with van der Waals surface area (Å²) < 4.78 is 39.8. The molecule has 0 aliphatic carbocycles. The number of hydrogen-bond donors (Lipinski definition) is 1. The van der Waals surface area contributed by atoms with Crippen molar-refractivity contribution in [2.24, 2.45) is 0 Å². The highest BCUT2D eigenvalue weighted by atomic mass is 32.2. The van der Waals surface area contributed by atoms with Crippen molar-refractivity contribution in [1.82, 2.24) is 0 Å². The topological polar surface area (TPSA) is 86.3 Å². The molecule has 0 unspecified atom stereocenters. The van der Waals surface area contributed by atoms with Crippen molar-refractivity contribution >= 4 is 21.7 Å². The fourth-order valence-electron chi connectivity index (χ4n) is 1.66. The Morgan fingerprint density at radius 2 is 1.90 bits per heavy atom. The molecule has 2 rings (SSSR count). The first kappa shape index (κ1) is 15.0. The predicted molar refractivity (Wildman–Crippen MR) is 72.7 cm³/mol. The normalized spacial score (nSPS) is 11.1. The highest BCUT2D eigenvalue weighted by Crippen LogP contribution is 2.19. The number of carboxylic acids is 1. The minimum atomic E-state index is -4.01. The van der Waals surface area contributed by atoms with Crippen LogP contribution in [0.2, 0.25) is 0 Å². The van der Waals surface area contributed by atoms with Crippen molar-refractivity contribution in [3.63, 3.8) is 0 Å². The number of nitrogens with one attached hydrogen (secondary N) is 1. The summed E-state index contributed by atoms with van der Waals surface area (Å²) in [6.07, 6.45) is 0. The second-order valence-corrected chi connectivity index (χ2v) is 6.07. The molecule has 2 aromatic rings. The maximum absolute atomic E-state index is 13.4. The molecule has 5 nitrogen and oxygen atoms in total. The van der Waals surface area contributed by atoms with E-state index in [-0.39, 0.29) is 16.1 Å². The van der Waals surface area contributed by atoms with Crippen LogP contribution in [-0.2, 0) is 10.0 Å². The Balaban J connectivity index is 2.36. The molecule has 0 heterocycles. The molecule has 2 aromatic carbocycles. The van der Waals surface area contributed by atoms with Gasteiger partial charge in [-0.25, -0.2) is 12.8 Å². The third kappa shape index (κ3) is 3.38. The highest BCUT2D eigenvalue weighted by molar-refractivity contribution is 7.92. The van der Waals surface area contributed by atoms with Gasteiger partial charge in [-0.15, -0.1) is 0 Å². The molecule has 0 fully saturated rings. The van der Waals surface area contributed by atoms with Crippen molar-refractivity contribution in [3.8, 4) is 0 Å². The molecule has 0 atom stereocenters. The second-order valence-electron chi connectivity index (χ2n) is 4.38. The lowest BCUT2D eigenvalue weighted by molar-refractivity contribution is -0.255. The van der Waals surface area contributed by atoms with Crippen molar-refractivity contribution in [3.05, 3.63) is 59.4 Å². The molecule has 1 N–H and O–H groups in total. The first-order chi connectivity index (χ1) is 9.79. The zero-order valence-electron chi connectivity index (χ0n) is 11.0. The first-order valence-electron chi connectivity index (χ1n) is 5.90. The van der Waals surface area contributed by atoms with Gasteiger partial charge in [0.05, 0.1) is 16.6 Å². The number of aromatic carboxylic acids is 1. The summed E-state index contributed by atoms with van der Waals surface area (Å²) in [5.41, 5.74) is 0.182. The van der Waals surface area contributed by atoms with Crippen molar-refractivity contribution in [2.45, 2.75) is 11.8 Å².